The number of fused-ring (bicyclic) bond motifs is 1. The van der Waals surface area contributed by atoms with Crippen molar-refractivity contribution in [3.63, 3.8) is 0 Å². The second-order valence-electron chi connectivity index (χ2n) is 7.25. The highest BCUT2D eigenvalue weighted by Crippen LogP contribution is 2.39. The lowest BCUT2D eigenvalue weighted by molar-refractivity contribution is -0.113. The number of pyridine rings is 1. The molecule has 0 N–H and O–H groups in total. The van der Waals surface area contributed by atoms with Crippen LogP contribution in [-0.2, 0) is 4.79 Å². The van der Waals surface area contributed by atoms with E-state index >= 15 is 0 Å². The third kappa shape index (κ3) is 3.75. The zero-order valence-electron chi connectivity index (χ0n) is 18.7. The predicted molar refractivity (Wildman–Crippen MR) is 132 cm³/mol. The first kappa shape index (κ1) is 21.6. The number of ether oxygens (including phenoxy) is 3. The van der Waals surface area contributed by atoms with E-state index in [0.29, 0.717) is 39.4 Å². The Labute approximate surface area is 199 Å². The smallest absolute Gasteiger partial charge is 0.284 e. The van der Waals surface area contributed by atoms with Crippen LogP contribution in [-0.4, -0.2) is 43.0 Å². The van der Waals surface area contributed by atoms with E-state index in [-0.39, 0.29) is 11.6 Å². The minimum Gasteiger partial charge on any atom is -0.493 e. The van der Waals surface area contributed by atoms with E-state index in [9.17, 15) is 4.79 Å². The van der Waals surface area contributed by atoms with Gasteiger partial charge in [-0.2, -0.15) is 4.98 Å². The summed E-state index contributed by atoms with van der Waals surface area (Å²) in [7, 11) is 4.63. The number of carbonyl (C=O) groups is 1. The van der Waals surface area contributed by atoms with Crippen molar-refractivity contribution < 1.29 is 19.0 Å². The largest absolute Gasteiger partial charge is 0.493 e. The summed E-state index contributed by atoms with van der Waals surface area (Å²) in [5.74, 6) is 1.66. The van der Waals surface area contributed by atoms with Crippen molar-refractivity contribution in [2.75, 3.05) is 26.2 Å². The third-order valence-corrected chi connectivity index (χ3v) is 6.22. The van der Waals surface area contributed by atoms with Gasteiger partial charge in [0, 0.05) is 11.8 Å². The van der Waals surface area contributed by atoms with Crippen LogP contribution in [0.25, 0.3) is 16.4 Å². The van der Waals surface area contributed by atoms with Gasteiger partial charge in [0.25, 0.3) is 5.91 Å². The van der Waals surface area contributed by atoms with Crippen LogP contribution in [0.4, 0.5) is 5.13 Å². The first-order valence-electron chi connectivity index (χ1n) is 10.3. The molecule has 1 aliphatic heterocycles. The second kappa shape index (κ2) is 8.95. The van der Waals surface area contributed by atoms with E-state index in [2.05, 4.69) is 9.97 Å². The Balaban J connectivity index is 1.63. The Hall–Kier alpha value is -4.24. The first-order valence-corrected chi connectivity index (χ1v) is 11.2. The monoisotopic (exact) mass is 472 g/mol. The fourth-order valence-electron chi connectivity index (χ4n) is 3.67. The number of carbonyl (C=O) groups excluding carboxylic acids is 1. The van der Waals surface area contributed by atoms with Crippen molar-refractivity contribution in [2.45, 2.75) is 0 Å². The maximum absolute atomic E-state index is 13.6. The van der Waals surface area contributed by atoms with Gasteiger partial charge in [-0.15, -0.1) is 0 Å². The van der Waals surface area contributed by atoms with Crippen LogP contribution in [0, 0.1) is 0 Å². The standard InChI is InChI=1S/C25H20N4O4S/c1-31-18-13-15(14-19(32-2)21(18)33-3)12-17-24(30)29(23(27-17)16-8-5-4-6-9-16)25-28-22-20(34-25)10-7-11-26-22/h4-14H,1-3H3/b17-12+. The molecule has 0 atom stereocenters. The van der Waals surface area contributed by atoms with Gasteiger partial charge in [0.2, 0.25) is 10.9 Å². The molecule has 0 aliphatic carbocycles. The molecule has 0 bridgehead atoms. The van der Waals surface area contributed by atoms with Gasteiger partial charge in [0.05, 0.1) is 26.0 Å². The van der Waals surface area contributed by atoms with E-state index in [4.69, 9.17) is 19.2 Å². The number of rotatable bonds is 6. The van der Waals surface area contributed by atoms with Gasteiger partial charge in [0.1, 0.15) is 11.5 Å². The average molecular weight is 473 g/mol. The number of thiazole rings is 1. The number of aromatic nitrogens is 2. The van der Waals surface area contributed by atoms with Crippen molar-refractivity contribution >= 4 is 44.6 Å². The summed E-state index contributed by atoms with van der Waals surface area (Å²) < 4.78 is 17.2. The number of benzene rings is 2. The molecule has 0 unspecified atom stereocenters. The van der Waals surface area contributed by atoms with Gasteiger partial charge in [-0.25, -0.2) is 14.9 Å². The Bertz CT molecular complexity index is 1390. The van der Waals surface area contributed by atoms with Gasteiger partial charge in [0.15, 0.2) is 17.1 Å². The van der Waals surface area contributed by atoms with Crippen molar-refractivity contribution in [1.82, 2.24) is 9.97 Å². The highest BCUT2D eigenvalue weighted by molar-refractivity contribution is 7.22. The van der Waals surface area contributed by atoms with Crippen LogP contribution in [0.15, 0.2) is 71.5 Å². The van der Waals surface area contributed by atoms with Crippen LogP contribution in [0.2, 0.25) is 0 Å². The molecule has 4 aromatic rings. The molecule has 2 aromatic carbocycles. The van der Waals surface area contributed by atoms with Gasteiger partial charge >= 0.3 is 0 Å². The fraction of sp³-hybridized carbons (Fsp3) is 0.120. The number of nitrogens with zero attached hydrogens (tertiary/aromatic N) is 4. The molecule has 2 aromatic heterocycles. The van der Waals surface area contributed by atoms with Crippen molar-refractivity contribution in [2.24, 2.45) is 4.99 Å². The maximum Gasteiger partial charge on any atom is 0.284 e. The summed E-state index contributed by atoms with van der Waals surface area (Å²) in [6, 6.07) is 16.9. The summed E-state index contributed by atoms with van der Waals surface area (Å²) in [6.07, 6.45) is 3.38. The van der Waals surface area contributed by atoms with Gasteiger partial charge < -0.3 is 14.2 Å². The SMILES string of the molecule is COc1cc(/C=C2/N=C(c3ccccc3)N(c3nc4ncccc4s3)C2=O)cc(OC)c1OC. The lowest BCUT2D eigenvalue weighted by Gasteiger charge is -2.15. The van der Waals surface area contributed by atoms with Gasteiger partial charge in [-0.05, 0) is 35.9 Å². The van der Waals surface area contributed by atoms with Crippen LogP contribution in [0.5, 0.6) is 17.2 Å². The normalized spacial score (nSPS) is 14.6. The molecule has 34 heavy (non-hydrogen) atoms. The first-order chi connectivity index (χ1) is 16.6. The average Bonchev–Trinajstić information content (AvgIpc) is 3.44. The molecule has 1 aliphatic rings. The Morgan fingerprint density at radius 2 is 1.68 bits per heavy atom. The van der Waals surface area contributed by atoms with E-state index in [1.54, 1.807) is 45.7 Å². The minimum atomic E-state index is -0.285. The number of amidine groups is 1. The number of hydrogen-bond donors (Lipinski definition) is 0. The molecular formula is C25H20N4O4S. The van der Waals surface area contributed by atoms with Crippen LogP contribution in [0.3, 0.4) is 0 Å². The predicted octanol–water partition coefficient (Wildman–Crippen LogP) is 4.55. The fourth-order valence-corrected chi connectivity index (χ4v) is 4.60. The minimum absolute atomic E-state index is 0.264. The molecule has 170 valence electrons. The van der Waals surface area contributed by atoms with Crippen LogP contribution in [0.1, 0.15) is 11.1 Å². The van der Waals surface area contributed by atoms with E-state index < -0.39 is 0 Å². The topological polar surface area (TPSA) is 86.1 Å². The number of aliphatic imine (C=N–C) groups is 1. The Morgan fingerprint density at radius 3 is 2.32 bits per heavy atom. The van der Waals surface area contributed by atoms with E-state index in [1.807, 2.05) is 42.5 Å². The molecule has 3 heterocycles. The van der Waals surface area contributed by atoms with E-state index in [1.165, 1.54) is 16.2 Å². The summed E-state index contributed by atoms with van der Waals surface area (Å²) in [6.45, 7) is 0. The number of anilines is 1. The lowest BCUT2D eigenvalue weighted by Crippen LogP contribution is -2.32. The molecule has 8 nitrogen and oxygen atoms in total. The molecule has 0 radical (unpaired) electrons. The van der Waals surface area contributed by atoms with Gasteiger partial charge in [-0.1, -0.05) is 41.7 Å². The number of hydrogen-bond acceptors (Lipinski definition) is 8. The summed E-state index contributed by atoms with van der Waals surface area (Å²) >= 11 is 1.39. The number of methoxy groups -OCH3 is 3. The quantitative estimate of drug-likeness (QED) is 0.383. The molecule has 1 amide bonds. The van der Waals surface area contributed by atoms with Crippen molar-refractivity contribution in [3.8, 4) is 17.2 Å². The summed E-state index contributed by atoms with van der Waals surface area (Å²) in [5, 5.41) is 0.509. The van der Waals surface area contributed by atoms with E-state index in [0.717, 1.165) is 10.3 Å². The molecule has 9 heteroatoms. The zero-order chi connectivity index (χ0) is 23.7. The van der Waals surface area contributed by atoms with Crippen LogP contribution >= 0.6 is 11.3 Å². The zero-order valence-corrected chi connectivity index (χ0v) is 19.5. The molecule has 0 fully saturated rings. The Kier molecular flexibility index (Phi) is 5.69. The highest BCUT2D eigenvalue weighted by atomic mass is 32.1. The second-order valence-corrected chi connectivity index (χ2v) is 8.26. The van der Waals surface area contributed by atoms with Crippen molar-refractivity contribution in [1.29, 1.82) is 0 Å². The highest BCUT2D eigenvalue weighted by Gasteiger charge is 2.34. The van der Waals surface area contributed by atoms with Crippen LogP contribution < -0.4 is 19.1 Å². The molecule has 0 saturated heterocycles. The number of amides is 1. The molecule has 0 saturated carbocycles. The summed E-state index contributed by atoms with van der Waals surface area (Å²) in [5.41, 5.74) is 2.34. The van der Waals surface area contributed by atoms with Gasteiger partial charge in [-0.3, -0.25) is 4.79 Å². The molecule has 5 rings (SSSR count). The van der Waals surface area contributed by atoms with Crippen molar-refractivity contribution in [3.05, 3.63) is 77.6 Å². The maximum atomic E-state index is 13.6. The Morgan fingerprint density at radius 1 is 0.941 bits per heavy atom. The molecule has 0 spiro atoms. The molecular weight excluding hydrogens is 452 g/mol. The third-order valence-electron chi connectivity index (χ3n) is 5.23. The lowest BCUT2D eigenvalue weighted by atomic mass is 10.1. The summed E-state index contributed by atoms with van der Waals surface area (Å²) in [4.78, 5) is 28.7.